The number of aromatic nitrogens is 2. The van der Waals surface area contributed by atoms with Crippen molar-refractivity contribution in [3.63, 3.8) is 0 Å². The zero-order valence-corrected chi connectivity index (χ0v) is 14.2. The number of hydrogen-bond donors (Lipinski definition) is 1. The molecule has 2 heterocycles. The minimum Gasteiger partial charge on any atom is -0.304 e. The predicted octanol–water partition coefficient (Wildman–Crippen LogP) is 3.97. The molecule has 1 N–H and O–H groups in total. The maximum absolute atomic E-state index is 4.52. The van der Waals surface area contributed by atoms with Crippen LogP contribution in [0.15, 0.2) is 16.6 Å². The van der Waals surface area contributed by atoms with Crippen LogP contribution >= 0.6 is 27.3 Å². The second kappa shape index (κ2) is 6.20. The van der Waals surface area contributed by atoms with E-state index in [-0.39, 0.29) is 0 Å². The van der Waals surface area contributed by atoms with E-state index in [4.69, 9.17) is 0 Å². The second-order valence-corrected chi connectivity index (χ2v) is 6.85. The summed E-state index contributed by atoms with van der Waals surface area (Å²) >= 11 is 5.50. The van der Waals surface area contributed by atoms with Gasteiger partial charge in [0.25, 0.3) is 0 Å². The molecule has 19 heavy (non-hydrogen) atoms. The average molecular weight is 342 g/mol. The minimum atomic E-state index is 0.366. The number of thiophene rings is 1. The fourth-order valence-electron chi connectivity index (χ4n) is 2.05. The van der Waals surface area contributed by atoms with Crippen molar-refractivity contribution in [2.75, 3.05) is 0 Å². The molecule has 2 rings (SSSR count). The van der Waals surface area contributed by atoms with Gasteiger partial charge in [0.05, 0.1) is 15.9 Å². The number of hydrogen-bond acceptors (Lipinski definition) is 3. The minimum absolute atomic E-state index is 0.366. The molecule has 0 amide bonds. The first-order chi connectivity index (χ1) is 9.02. The normalized spacial score (nSPS) is 12.9. The van der Waals surface area contributed by atoms with Gasteiger partial charge in [0.15, 0.2) is 0 Å². The van der Waals surface area contributed by atoms with Gasteiger partial charge >= 0.3 is 0 Å². The number of nitrogens with one attached hydrogen (secondary N) is 1. The van der Waals surface area contributed by atoms with Crippen molar-refractivity contribution in [1.29, 1.82) is 0 Å². The van der Waals surface area contributed by atoms with Gasteiger partial charge in [0.2, 0.25) is 0 Å². The van der Waals surface area contributed by atoms with Crippen LogP contribution in [-0.4, -0.2) is 9.78 Å². The molecule has 0 saturated carbocycles. The van der Waals surface area contributed by atoms with E-state index in [1.165, 1.54) is 15.4 Å². The van der Waals surface area contributed by atoms with Crippen LogP contribution in [0.5, 0.6) is 0 Å². The molecule has 1 atom stereocenters. The van der Waals surface area contributed by atoms with E-state index in [1.807, 2.05) is 23.1 Å². The highest BCUT2D eigenvalue weighted by molar-refractivity contribution is 9.10. The van der Waals surface area contributed by atoms with Gasteiger partial charge in [-0.05, 0) is 48.3 Å². The Morgan fingerprint density at radius 1 is 1.47 bits per heavy atom. The molecule has 0 aliphatic heterocycles. The van der Waals surface area contributed by atoms with E-state index >= 15 is 0 Å². The molecule has 0 saturated heterocycles. The Bertz CT molecular complexity index is 559. The molecule has 0 radical (unpaired) electrons. The van der Waals surface area contributed by atoms with Gasteiger partial charge in [-0.3, -0.25) is 4.68 Å². The summed E-state index contributed by atoms with van der Waals surface area (Å²) in [5, 5.41) is 8.08. The van der Waals surface area contributed by atoms with Crippen LogP contribution in [0, 0.1) is 6.92 Å². The van der Waals surface area contributed by atoms with Crippen molar-refractivity contribution < 1.29 is 0 Å². The average Bonchev–Trinajstić information content (AvgIpc) is 2.92. The van der Waals surface area contributed by atoms with E-state index in [0.29, 0.717) is 6.04 Å². The summed E-state index contributed by atoms with van der Waals surface area (Å²) in [6.07, 6.45) is 0.952. The van der Waals surface area contributed by atoms with Crippen molar-refractivity contribution in [3.8, 4) is 0 Å². The van der Waals surface area contributed by atoms with Gasteiger partial charge in [-0.1, -0.05) is 6.92 Å². The molecule has 0 bridgehead atoms. The van der Waals surface area contributed by atoms with Gasteiger partial charge in [-0.15, -0.1) is 11.3 Å². The van der Waals surface area contributed by atoms with Crippen molar-refractivity contribution in [1.82, 2.24) is 15.1 Å². The zero-order valence-electron chi connectivity index (χ0n) is 11.8. The van der Waals surface area contributed by atoms with E-state index in [1.54, 1.807) is 0 Å². The summed E-state index contributed by atoms with van der Waals surface area (Å²) in [7, 11) is 2.00. The van der Waals surface area contributed by atoms with Crippen LogP contribution in [0.4, 0.5) is 0 Å². The lowest BCUT2D eigenvalue weighted by atomic mass is 10.2. The van der Waals surface area contributed by atoms with Crippen LogP contribution in [0.3, 0.4) is 0 Å². The summed E-state index contributed by atoms with van der Waals surface area (Å²) in [6, 6.07) is 4.74. The van der Waals surface area contributed by atoms with E-state index in [2.05, 4.69) is 59.2 Å². The molecule has 0 fully saturated rings. The number of halogens is 1. The van der Waals surface area contributed by atoms with Crippen LogP contribution in [0.2, 0.25) is 0 Å². The zero-order chi connectivity index (χ0) is 14.0. The van der Waals surface area contributed by atoms with Crippen molar-refractivity contribution in [2.45, 2.75) is 39.8 Å². The van der Waals surface area contributed by atoms with Crippen LogP contribution in [0.1, 0.15) is 41.0 Å². The maximum Gasteiger partial charge on any atom is 0.0767 e. The van der Waals surface area contributed by atoms with Crippen molar-refractivity contribution in [3.05, 3.63) is 37.7 Å². The van der Waals surface area contributed by atoms with Crippen LogP contribution < -0.4 is 5.32 Å². The summed E-state index contributed by atoms with van der Waals surface area (Å²) < 4.78 is 3.10. The number of aryl methyl sites for hydroxylation is 3. The molecule has 0 aromatic carbocycles. The van der Waals surface area contributed by atoms with Gasteiger partial charge < -0.3 is 5.32 Å². The first kappa shape index (κ1) is 14.8. The quantitative estimate of drug-likeness (QED) is 0.891. The molecular weight excluding hydrogens is 322 g/mol. The standard InChI is InChI=1S/C14H20BrN3S/c1-5-11-14(15)12(18(4)17-11)8-16-10(3)13-7-6-9(2)19-13/h6-7,10,16H,5,8H2,1-4H3. The van der Waals surface area contributed by atoms with Gasteiger partial charge in [0, 0.05) is 29.4 Å². The van der Waals surface area contributed by atoms with Crippen molar-refractivity contribution in [2.24, 2.45) is 7.05 Å². The van der Waals surface area contributed by atoms with Gasteiger partial charge in [-0.25, -0.2) is 0 Å². The summed E-state index contributed by atoms with van der Waals surface area (Å²) in [4.78, 5) is 2.74. The third-order valence-electron chi connectivity index (χ3n) is 3.27. The lowest BCUT2D eigenvalue weighted by Crippen LogP contribution is -2.19. The van der Waals surface area contributed by atoms with E-state index in [9.17, 15) is 0 Å². The molecule has 2 aromatic rings. The maximum atomic E-state index is 4.52. The molecule has 0 aliphatic carbocycles. The Kier molecular flexibility index (Phi) is 4.81. The first-order valence-corrected chi connectivity index (χ1v) is 8.13. The van der Waals surface area contributed by atoms with Gasteiger partial charge in [-0.2, -0.15) is 5.10 Å². The van der Waals surface area contributed by atoms with Crippen LogP contribution in [-0.2, 0) is 20.0 Å². The smallest absolute Gasteiger partial charge is 0.0767 e. The second-order valence-electron chi connectivity index (χ2n) is 4.74. The molecular formula is C14H20BrN3S. The number of nitrogens with zero attached hydrogens (tertiary/aromatic N) is 2. The summed E-state index contributed by atoms with van der Waals surface area (Å²) in [6.45, 7) is 7.30. The Morgan fingerprint density at radius 2 is 2.21 bits per heavy atom. The number of rotatable bonds is 5. The highest BCUT2D eigenvalue weighted by atomic mass is 79.9. The lowest BCUT2D eigenvalue weighted by Gasteiger charge is -2.12. The van der Waals surface area contributed by atoms with Gasteiger partial charge in [0.1, 0.15) is 0 Å². The Balaban J connectivity index is 2.04. The molecule has 3 nitrogen and oxygen atoms in total. The third kappa shape index (κ3) is 3.27. The molecule has 0 aliphatic rings. The van der Waals surface area contributed by atoms with Crippen molar-refractivity contribution >= 4 is 27.3 Å². The fourth-order valence-corrected chi connectivity index (χ4v) is 3.71. The van der Waals surface area contributed by atoms with Crippen LogP contribution in [0.25, 0.3) is 0 Å². The largest absolute Gasteiger partial charge is 0.304 e. The monoisotopic (exact) mass is 341 g/mol. The lowest BCUT2D eigenvalue weighted by molar-refractivity contribution is 0.553. The molecule has 104 valence electrons. The third-order valence-corrected chi connectivity index (χ3v) is 5.37. The topological polar surface area (TPSA) is 29.9 Å². The van der Waals surface area contributed by atoms with E-state index in [0.717, 1.165) is 23.1 Å². The van der Waals surface area contributed by atoms with E-state index < -0.39 is 0 Å². The fraction of sp³-hybridized carbons (Fsp3) is 0.500. The summed E-state index contributed by atoms with van der Waals surface area (Å²) in [5.74, 6) is 0. The first-order valence-electron chi connectivity index (χ1n) is 6.52. The predicted molar refractivity (Wildman–Crippen MR) is 84.6 cm³/mol. The molecule has 0 spiro atoms. The highest BCUT2D eigenvalue weighted by Gasteiger charge is 2.14. The SMILES string of the molecule is CCc1nn(C)c(CNC(C)c2ccc(C)s2)c1Br. The Hall–Kier alpha value is -0.650. The Morgan fingerprint density at radius 3 is 2.74 bits per heavy atom. The molecule has 5 heteroatoms. The molecule has 1 unspecified atom stereocenters. The molecule has 2 aromatic heterocycles. The Labute approximate surface area is 127 Å². The highest BCUT2D eigenvalue weighted by Crippen LogP contribution is 2.25. The summed E-state index contributed by atoms with van der Waals surface area (Å²) in [5.41, 5.74) is 2.33.